The van der Waals surface area contributed by atoms with Gasteiger partial charge in [0, 0.05) is 22.0 Å². The van der Waals surface area contributed by atoms with E-state index in [1.807, 2.05) is 11.8 Å². The van der Waals surface area contributed by atoms with Crippen molar-refractivity contribution in [2.75, 3.05) is 14.1 Å². The lowest BCUT2D eigenvalue weighted by molar-refractivity contribution is -2.00. The van der Waals surface area contributed by atoms with Gasteiger partial charge in [0.2, 0.25) is 0 Å². The van der Waals surface area contributed by atoms with Crippen molar-refractivity contribution in [1.82, 2.24) is 0 Å². The van der Waals surface area contributed by atoms with E-state index in [-0.39, 0.29) is 0 Å². The molecule has 3 rings (SSSR count). The first kappa shape index (κ1) is 18.7. The van der Waals surface area contributed by atoms with E-state index in [1.165, 1.54) is 26.6 Å². The molecule has 1 aromatic rings. The second-order valence-electron chi connectivity index (χ2n) is 5.16. The van der Waals surface area contributed by atoms with Gasteiger partial charge in [-0.1, -0.05) is 36.0 Å². The zero-order chi connectivity index (χ0) is 17.7. The van der Waals surface area contributed by atoms with Gasteiger partial charge in [-0.15, -0.1) is 10.2 Å². The number of halogens is 1. The number of allylic oxidation sites excluding steroid dienone is 6. The highest BCUT2D eigenvalue weighted by molar-refractivity contribution is 8.03. The topological polar surface area (TPSA) is 95.2 Å². The van der Waals surface area contributed by atoms with Crippen LogP contribution in [0.15, 0.2) is 70.0 Å². The van der Waals surface area contributed by atoms with E-state index in [2.05, 4.69) is 79.4 Å². The quantitative estimate of drug-likeness (QED) is 0.558. The Morgan fingerprint density at radius 1 is 0.833 bits per heavy atom. The van der Waals surface area contributed by atoms with E-state index in [1.54, 1.807) is 0 Å². The maximum atomic E-state index is 8.49. The van der Waals surface area contributed by atoms with Crippen LogP contribution in [0.2, 0.25) is 0 Å². The van der Waals surface area contributed by atoms with Crippen LogP contribution in [0.25, 0.3) is 6.08 Å². The van der Waals surface area contributed by atoms with E-state index >= 15 is 0 Å². The predicted molar refractivity (Wildman–Crippen MR) is 83.8 cm³/mol. The Labute approximate surface area is 147 Å². The van der Waals surface area contributed by atoms with Gasteiger partial charge in [0.05, 0.1) is 0 Å². The molecule has 0 saturated carbocycles. The van der Waals surface area contributed by atoms with Crippen molar-refractivity contribution in [2.24, 2.45) is 0 Å². The molecule has 0 atom stereocenters. The molecule has 1 aliphatic carbocycles. The Morgan fingerprint density at radius 2 is 1.42 bits per heavy atom. The third-order valence-corrected chi connectivity index (χ3v) is 4.40. The van der Waals surface area contributed by atoms with Gasteiger partial charge in [0.25, 0.3) is 0 Å². The molecule has 1 aromatic carbocycles. The van der Waals surface area contributed by atoms with Crippen molar-refractivity contribution < 1.29 is 33.5 Å². The number of hydrogen-bond acceptors (Lipinski definition) is 5. The van der Waals surface area contributed by atoms with Crippen molar-refractivity contribution in [1.29, 1.82) is 0 Å². The van der Waals surface area contributed by atoms with Gasteiger partial charge >= 0.3 is 0 Å². The number of nitrogens with zero attached hydrogens (tertiary/aromatic N) is 1. The van der Waals surface area contributed by atoms with Crippen LogP contribution in [0.5, 0.6) is 0 Å². The fourth-order valence-corrected chi connectivity index (χ4v) is 3.14. The summed E-state index contributed by atoms with van der Waals surface area (Å²) in [5.74, 6) is 0. The molecule has 0 saturated heterocycles. The van der Waals surface area contributed by atoms with Crippen LogP contribution >= 0.6 is 11.8 Å². The van der Waals surface area contributed by atoms with Gasteiger partial charge < -0.3 is 0 Å². The first-order valence-electron chi connectivity index (χ1n) is 6.95. The molecule has 1 aliphatic heterocycles. The Morgan fingerprint density at radius 3 is 2.00 bits per heavy atom. The molecule has 0 aromatic heterocycles. The molecule has 0 N–H and O–H groups in total. The maximum absolute atomic E-state index is 8.49. The molecular formula is C17H16ClNO4S. The van der Waals surface area contributed by atoms with Crippen molar-refractivity contribution >= 4 is 23.5 Å². The third kappa shape index (κ3) is 5.76. The van der Waals surface area contributed by atoms with Crippen LogP contribution in [0.1, 0.15) is 5.56 Å². The maximum Gasteiger partial charge on any atom is 0.199 e. The molecule has 126 valence electrons. The molecule has 0 spiro atoms. The SMILES string of the molecule is C[N+](C)=C1C=CC(=C2C=Cc3ccccc3S2)C=C1.[O-][Cl+3]([O-])([O-])[O-]. The summed E-state index contributed by atoms with van der Waals surface area (Å²) >= 11 is 1.84. The summed E-state index contributed by atoms with van der Waals surface area (Å²) in [7, 11) is -0.818. The summed E-state index contributed by atoms with van der Waals surface area (Å²) in [6, 6.07) is 8.51. The second kappa shape index (κ2) is 7.94. The standard InChI is InChI=1S/C17H16NS.ClHO4/c1-18(2)15-10-7-14(8-11-15)17-12-9-13-5-3-4-6-16(13)19-17;2-1(3,4)5/h3-12H,1-2H3;(H,2,3,4,5)/q+1;/p-1. The van der Waals surface area contributed by atoms with Crippen LogP contribution in [0, 0.1) is 10.2 Å². The lowest BCUT2D eigenvalue weighted by Crippen LogP contribution is -2.68. The molecule has 0 unspecified atom stereocenters. The van der Waals surface area contributed by atoms with Gasteiger partial charge in [0.1, 0.15) is 14.1 Å². The number of benzene rings is 1. The van der Waals surface area contributed by atoms with Crippen molar-refractivity contribution in [2.45, 2.75) is 4.90 Å². The van der Waals surface area contributed by atoms with Gasteiger partial charge in [-0.3, -0.25) is 0 Å². The average molecular weight is 366 g/mol. The molecule has 24 heavy (non-hydrogen) atoms. The minimum Gasteiger partial charge on any atom is -0.235 e. The first-order valence-corrected chi connectivity index (χ1v) is 9.00. The van der Waals surface area contributed by atoms with Crippen LogP contribution in [-0.2, 0) is 0 Å². The van der Waals surface area contributed by atoms with E-state index in [4.69, 9.17) is 18.6 Å². The average Bonchev–Trinajstić information content (AvgIpc) is 2.53. The fourth-order valence-electron chi connectivity index (χ4n) is 2.11. The summed E-state index contributed by atoms with van der Waals surface area (Å²) < 4.78 is 36.1. The van der Waals surface area contributed by atoms with E-state index < -0.39 is 10.2 Å². The summed E-state index contributed by atoms with van der Waals surface area (Å²) in [5, 5.41) is 0. The highest BCUT2D eigenvalue weighted by Crippen LogP contribution is 2.38. The molecule has 7 heteroatoms. The van der Waals surface area contributed by atoms with Crippen molar-refractivity contribution in [3.63, 3.8) is 0 Å². The van der Waals surface area contributed by atoms with Gasteiger partial charge in [0.15, 0.2) is 5.71 Å². The molecular weight excluding hydrogens is 350 g/mol. The fraction of sp³-hybridized carbons (Fsp3) is 0.118. The minimum atomic E-state index is -4.94. The second-order valence-corrected chi connectivity index (χ2v) is 7.00. The van der Waals surface area contributed by atoms with Crippen LogP contribution in [0.4, 0.5) is 0 Å². The molecule has 0 bridgehead atoms. The van der Waals surface area contributed by atoms with Crippen LogP contribution < -0.4 is 18.6 Å². The lowest BCUT2D eigenvalue weighted by Gasteiger charge is -2.17. The summed E-state index contributed by atoms with van der Waals surface area (Å²) in [4.78, 5) is 2.64. The zero-order valence-electron chi connectivity index (χ0n) is 13.1. The Balaban J connectivity index is 0.000000368. The zero-order valence-corrected chi connectivity index (χ0v) is 14.7. The highest BCUT2D eigenvalue weighted by Gasteiger charge is 2.12. The number of thioether (sulfide) groups is 1. The van der Waals surface area contributed by atoms with Gasteiger partial charge in [-0.2, -0.15) is 0 Å². The Kier molecular flexibility index (Phi) is 6.17. The normalized spacial score (nSPS) is 15.8. The number of fused-ring (bicyclic) bond motifs is 1. The Bertz CT molecular complexity index is 745. The highest BCUT2D eigenvalue weighted by atomic mass is 35.7. The summed E-state index contributed by atoms with van der Waals surface area (Å²) in [5.41, 5.74) is 3.82. The lowest BCUT2D eigenvalue weighted by atomic mass is 10.1. The molecule has 1 heterocycles. The molecule has 2 aliphatic rings. The Hall–Kier alpha value is -1.67. The van der Waals surface area contributed by atoms with Crippen molar-refractivity contribution in [3.05, 3.63) is 70.7 Å². The summed E-state index contributed by atoms with van der Waals surface area (Å²) in [6.45, 7) is 0. The van der Waals surface area contributed by atoms with E-state index in [9.17, 15) is 0 Å². The van der Waals surface area contributed by atoms with Gasteiger partial charge in [-0.05, 0) is 35.4 Å². The monoisotopic (exact) mass is 365 g/mol. The molecule has 5 nitrogen and oxygen atoms in total. The smallest absolute Gasteiger partial charge is 0.199 e. The largest absolute Gasteiger partial charge is 0.235 e. The number of rotatable bonds is 0. The minimum absolute atomic E-state index is 1.23. The molecule has 0 radical (unpaired) electrons. The van der Waals surface area contributed by atoms with Crippen LogP contribution in [-0.4, -0.2) is 24.4 Å². The third-order valence-electron chi connectivity index (χ3n) is 3.22. The molecule has 0 fully saturated rings. The van der Waals surface area contributed by atoms with E-state index in [0.29, 0.717) is 0 Å². The number of hydrogen-bond donors (Lipinski definition) is 0. The van der Waals surface area contributed by atoms with Crippen molar-refractivity contribution in [3.8, 4) is 0 Å². The van der Waals surface area contributed by atoms with E-state index in [0.717, 1.165) is 0 Å². The van der Waals surface area contributed by atoms with Gasteiger partial charge in [-0.25, -0.2) is 23.2 Å². The summed E-state index contributed by atoms with van der Waals surface area (Å²) in [6.07, 6.45) is 13.1. The molecule has 0 amide bonds. The predicted octanol–water partition coefficient (Wildman–Crippen LogP) is -0.857. The van der Waals surface area contributed by atoms with Crippen LogP contribution in [0.3, 0.4) is 0 Å². The first-order chi connectivity index (χ1) is 11.2.